The SMILES string of the molecule is CN(CCN(C)C1CCCC1)C(=O)[C@@H](c1ccc(F)cc1)N(C)C. The second kappa shape index (κ2) is 8.58. The van der Waals surface area contributed by atoms with Gasteiger partial charge in [0.2, 0.25) is 5.91 Å². The van der Waals surface area contributed by atoms with Crippen molar-refractivity contribution in [2.75, 3.05) is 41.3 Å². The molecule has 1 aliphatic rings. The number of amides is 1. The van der Waals surface area contributed by atoms with Crippen LogP contribution in [0.1, 0.15) is 37.3 Å². The number of hydrogen-bond donors (Lipinski definition) is 0. The monoisotopic (exact) mass is 335 g/mol. The lowest BCUT2D eigenvalue weighted by molar-refractivity contribution is -0.135. The minimum Gasteiger partial charge on any atom is -0.343 e. The summed E-state index contributed by atoms with van der Waals surface area (Å²) >= 11 is 0. The Labute approximate surface area is 145 Å². The molecule has 0 radical (unpaired) electrons. The molecule has 0 aromatic heterocycles. The summed E-state index contributed by atoms with van der Waals surface area (Å²) in [4.78, 5) is 18.9. The smallest absolute Gasteiger partial charge is 0.244 e. The molecule has 2 rings (SSSR count). The van der Waals surface area contributed by atoms with Crippen molar-refractivity contribution in [2.24, 2.45) is 0 Å². The van der Waals surface area contributed by atoms with Crippen LogP contribution in [0.2, 0.25) is 0 Å². The maximum absolute atomic E-state index is 13.2. The van der Waals surface area contributed by atoms with Gasteiger partial charge in [-0.25, -0.2) is 4.39 Å². The van der Waals surface area contributed by atoms with E-state index in [2.05, 4.69) is 11.9 Å². The Morgan fingerprint density at radius 3 is 2.21 bits per heavy atom. The lowest BCUT2D eigenvalue weighted by atomic mass is 10.0. The summed E-state index contributed by atoms with van der Waals surface area (Å²) in [6, 6.07) is 6.48. The van der Waals surface area contributed by atoms with Gasteiger partial charge in [0.1, 0.15) is 11.9 Å². The van der Waals surface area contributed by atoms with Gasteiger partial charge in [0.15, 0.2) is 0 Å². The van der Waals surface area contributed by atoms with E-state index in [9.17, 15) is 9.18 Å². The molecule has 1 saturated carbocycles. The van der Waals surface area contributed by atoms with Gasteiger partial charge in [0.05, 0.1) is 0 Å². The highest BCUT2D eigenvalue weighted by atomic mass is 19.1. The van der Waals surface area contributed by atoms with Crippen LogP contribution in [0.25, 0.3) is 0 Å². The van der Waals surface area contributed by atoms with E-state index in [4.69, 9.17) is 0 Å². The molecule has 5 heteroatoms. The van der Waals surface area contributed by atoms with Crippen molar-refractivity contribution in [3.63, 3.8) is 0 Å². The molecule has 1 fully saturated rings. The number of hydrogen-bond acceptors (Lipinski definition) is 3. The van der Waals surface area contributed by atoms with Crippen LogP contribution >= 0.6 is 0 Å². The van der Waals surface area contributed by atoms with Crippen LogP contribution < -0.4 is 0 Å². The third-order valence-electron chi connectivity index (χ3n) is 5.05. The van der Waals surface area contributed by atoms with Crippen LogP contribution in [0.3, 0.4) is 0 Å². The highest BCUT2D eigenvalue weighted by molar-refractivity contribution is 5.83. The molecule has 1 atom stereocenters. The number of rotatable bonds is 7. The topological polar surface area (TPSA) is 26.8 Å². The van der Waals surface area contributed by atoms with Crippen LogP contribution in [0.15, 0.2) is 24.3 Å². The third-order valence-corrected chi connectivity index (χ3v) is 5.05. The van der Waals surface area contributed by atoms with E-state index in [0.717, 1.165) is 12.1 Å². The van der Waals surface area contributed by atoms with E-state index >= 15 is 0 Å². The maximum atomic E-state index is 13.2. The molecule has 0 aliphatic heterocycles. The van der Waals surface area contributed by atoms with Crippen LogP contribution in [0.5, 0.6) is 0 Å². The zero-order valence-corrected chi connectivity index (χ0v) is 15.3. The predicted octanol–water partition coefficient (Wildman–Crippen LogP) is 2.76. The fourth-order valence-electron chi connectivity index (χ4n) is 3.46. The van der Waals surface area contributed by atoms with Gasteiger partial charge in [-0.15, -0.1) is 0 Å². The number of carbonyl (C=O) groups is 1. The predicted molar refractivity (Wildman–Crippen MR) is 95.4 cm³/mol. The molecule has 0 bridgehead atoms. The zero-order valence-electron chi connectivity index (χ0n) is 15.3. The average molecular weight is 335 g/mol. The number of likely N-dealkylation sites (N-methyl/N-ethyl adjacent to an activating group) is 3. The molecule has 0 heterocycles. The lowest BCUT2D eigenvalue weighted by Gasteiger charge is -2.31. The molecule has 1 aromatic rings. The number of halogens is 1. The van der Waals surface area contributed by atoms with Gasteiger partial charge in [0.25, 0.3) is 0 Å². The lowest BCUT2D eigenvalue weighted by Crippen LogP contribution is -2.42. The Morgan fingerprint density at radius 2 is 1.67 bits per heavy atom. The Balaban J connectivity index is 1.96. The first-order chi connectivity index (χ1) is 11.4. The van der Waals surface area contributed by atoms with Crippen molar-refractivity contribution in [1.29, 1.82) is 0 Å². The van der Waals surface area contributed by atoms with Crippen LogP contribution in [-0.2, 0) is 4.79 Å². The van der Waals surface area contributed by atoms with E-state index in [0.29, 0.717) is 12.6 Å². The molecule has 1 aromatic carbocycles. The number of benzene rings is 1. The molecule has 0 spiro atoms. The van der Waals surface area contributed by atoms with Crippen molar-refractivity contribution < 1.29 is 9.18 Å². The van der Waals surface area contributed by atoms with Gasteiger partial charge in [-0.3, -0.25) is 9.69 Å². The quantitative estimate of drug-likeness (QED) is 0.767. The van der Waals surface area contributed by atoms with Crippen molar-refractivity contribution in [3.05, 3.63) is 35.6 Å². The zero-order chi connectivity index (χ0) is 17.7. The average Bonchev–Trinajstić information content (AvgIpc) is 3.08. The molecular weight excluding hydrogens is 305 g/mol. The highest BCUT2D eigenvalue weighted by Gasteiger charge is 2.27. The van der Waals surface area contributed by atoms with Gasteiger partial charge in [-0.2, -0.15) is 0 Å². The Hall–Kier alpha value is -1.46. The summed E-state index contributed by atoms with van der Waals surface area (Å²) in [5.41, 5.74) is 0.822. The summed E-state index contributed by atoms with van der Waals surface area (Å²) < 4.78 is 13.2. The second-order valence-electron chi connectivity index (χ2n) is 7.10. The summed E-state index contributed by atoms with van der Waals surface area (Å²) in [6.45, 7) is 1.59. The minimum absolute atomic E-state index is 0.0476. The number of nitrogens with zero attached hydrogens (tertiary/aromatic N) is 3. The third kappa shape index (κ3) is 4.77. The van der Waals surface area contributed by atoms with Gasteiger partial charge in [-0.1, -0.05) is 25.0 Å². The minimum atomic E-state index is -0.382. The van der Waals surface area contributed by atoms with Gasteiger partial charge in [0, 0.05) is 26.2 Å². The van der Waals surface area contributed by atoms with Crippen molar-refractivity contribution in [2.45, 2.75) is 37.8 Å². The first-order valence-corrected chi connectivity index (χ1v) is 8.77. The Bertz CT molecular complexity index is 526. The van der Waals surface area contributed by atoms with Gasteiger partial charge < -0.3 is 9.80 Å². The highest BCUT2D eigenvalue weighted by Crippen LogP contribution is 2.23. The molecular formula is C19H30FN3O. The molecule has 1 amide bonds. The van der Waals surface area contributed by atoms with Crippen molar-refractivity contribution >= 4 is 5.91 Å². The summed E-state index contributed by atoms with van der Waals surface area (Å²) in [7, 11) is 7.76. The van der Waals surface area contributed by atoms with Crippen molar-refractivity contribution in [3.8, 4) is 0 Å². The molecule has 0 N–H and O–H groups in total. The van der Waals surface area contributed by atoms with Gasteiger partial charge in [-0.05, 0) is 51.7 Å². The summed E-state index contributed by atoms with van der Waals surface area (Å²) in [6.07, 6.45) is 5.17. The normalized spacial score (nSPS) is 16.8. The van der Waals surface area contributed by atoms with E-state index in [-0.39, 0.29) is 17.8 Å². The first-order valence-electron chi connectivity index (χ1n) is 8.77. The second-order valence-corrected chi connectivity index (χ2v) is 7.10. The molecule has 0 unspecified atom stereocenters. The summed E-state index contributed by atoms with van der Waals surface area (Å²) in [5, 5.41) is 0. The maximum Gasteiger partial charge on any atom is 0.244 e. The molecule has 0 saturated heterocycles. The Kier molecular flexibility index (Phi) is 6.75. The first kappa shape index (κ1) is 18.9. The van der Waals surface area contributed by atoms with Crippen molar-refractivity contribution in [1.82, 2.24) is 14.7 Å². The van der Waals surface area contributed by atoms with E-state index < -0.39 is 0 Å². The van der Waals surface area contributed by atoms with E-state index in [1.807, 2.05) is 26.0 Å². The van der Waals surface area contributed by atoms with Crippen LogP contribution in [0.4, 0.5) is 4.39 Å². The van der Waals surface area contributed by atoms with Crippen LogP contribution in [-0.4, -0.2) is 67.9 Å². The van der Waals surface area contributed by atoms with E-state index in [1.165, 1.54) is 37.8 Å². The molecule has 4 nitrogen and oxygen atoms in total. The van der Waals surface area contributed by atoms with Gasteiger partial charge >= 0.3 is 0 Å². The fraction of sp³-hybridized carbons (Fsp3) is 0.632. The van der Waals surface area contributed by atoms with Crippen LogP contribution in [0, 0.1) is 5.82 Å². The summed E-state index contributed by atoms with van der Waals surface area (Å²) in [5.74, 6) is -0.235. The van der Waals surface area contributed by atoms with E-state index in [1.54, 1.807) is 17.0 Å². The fourth-order valence-corrected chi connectivity index (χ4v) is 3.46. The number of carbonyl (C=O) groups excluding carboxylic acids is 1. The molecule has 1 aliphatic carbocycles. The molecule has 24 heavy (non-hydrogen) atoms. The Morgan fingerprint density at radius 1 is 1.08 bits per heavy atom. The molecule has 134 valence electrons. The largest absolute Gasteiger partial charge is 0.343 e. The standard InChI is InChI=1S/C19H30FN3O/c1-21(2)18(15-9-11-16(20)12-10-15)19(24)23(4)14-13-22(3)17-7-5-6-8-17/h9-12,17-18H,5-8,13-14H2,1-4H3/t18-/m1/s1.